The van der Waals surface area contributed by atoms with Gasteiger partial charge in [-0.3, -0.25) is 0 Å². The van der Waals surface area contributed by atoms with Gasteiger partial charge in [-0.1, -0.05) is 53.6 Å². The second kappa shape index (κ2) is 9.23. The van der Waals surface area contributed by atoms with Crippen LogP contribution in [0, 0.1) is 6.92 Å². The second-order valence-electron chi connectivity index (χ2n) is 7.03. The maximum Gasteiger partial charge on any atom is 0.334 e. The molecule has 2 aromatic carbocycles. The van der Waals surface area contributed by atoms with Crippen LogP contribution in [0.5, 0.6) is 0 Å². The zero-order chi connectivity index (χ0) is 21.0. The van der Waals surface area contributed by atoms with Crippen LogP contribution in [0.4, 0.5) is 0 Å². The number of hydrogen-bond donors (Lipinski definition) is 0. The first-order valence-electron chi connectivity index (χ1n) is 9.76. The summed E-state index contributed by atoms with van der Waals surface area (Å²) in [6.07, 6.45) is 0.618. The molecule has 0 aliphatic carbocycles. The van der Waals surface area contributed by atoms with Crippen LogP contribution < -0.4 is 0 Å². The van der Waals surface area contributed by atoms with Crippen molar-refractivity contribution in [2.75, 3.05) is 13.2 Å². The molecule has 0 bridgehead atoms. The predicted octanol–water partition coefficient (Wildman–Crippen LogP) is 5.48. The molecule has 0 N–H and O–H groups in total. The minimum atomic E-state index is -1.44. The van der Waals surface area contributed by atoms with Crippen molar-refractivity contribution in [3.8, 4) is 0 Å². The fourth-order valence-corrected chi connectivity index (χ4v) is 5.59. The monoisotopic (exact) mass is 432 g/mol. The number of hydrogen-bond acceptors (Lipinski definition) is 5. The van der Waals surface area contributed by atoms with E-state index >= 15 is 0 Å². The molecule has 1 saturated heterocycles. The first kappa shape index (κ1) is 21.7. The maximum atomic E-state index is 13.2. The van der Waals surface area contributed by atoms with Gasteiger partial charge in [-0.05, 0) is 50.5 Å². The van der Waals surface area contributed by atoms with Crippen LogP contribution in [-0.4, -0.2) is 29.9 Å². The largest absolute Gasteiger partial charge is 0.464 e. The molecule has 4 nitrogen and oxygen atoms in total. The molecule has 1 aliphatic heterocycles. The van der Waals surface area contributed by atoms with E-state index in [1.54, 1.807) is 13.8 Å². The Kier molecular flexibility index (Phi) is 6.91. The highest BCUT2D eigenvalue weighted by Crippen LogP contribution is 2.60. The van der Waals surface area contributed by atoms with E-state index in [1.165, 1.54) is 11.8 Å². The van der Waals surface area contributed by atoms with E-state index in [9.17, 15) is 9.59 Å². The maximum absolute atomic E-state index is 13.2. The van der Waals surface area contributed by atoms with Gasteiger partial charge in [0.2, 0.25) is 4.75 Å². The topological polar surface area (TPSA) is 52.6 Å². The summed E-state index contributed by atoms with van der Waals surface area (Å²) in [5.74, 6) is -1.43. The molecule has 6 heteroatoms. The number of rotatable bonds is 6. The van der Waals surface area contributed by atoms with Crippen molar-refractivity contribution in [1.82, 2.24) is 0 Å². The molecule has 0 radical (unpaired) electrons. The van der Waals surface area contributed by atoms with Crippen LogP contribution in [-0.2, 0) is 19.1 Å². The van der Waals surface area contributed by atoms with Crippen molar-refractivity contribution in [3.05, 3.63) is 70.2 Å². The van der Waals surface area contributed by atoms with Crippen LogP contribution in [0.3, 0.4) is 0 Å². The number of carbonyl (C=O) groups excluding carboxylic acids is 2. The SMILES string of the molecule is CCOC(=O)C1(C(=O)OCC)S[C@@H](c2ccc(Cl)cc2)C[C@@H]1c1ccc(C)cc1. The number of halogens is 1. The number of esters is 2. The van der Waals surface area contributed by atoms with Crippen molar-refractivity contribution in [2.24, 2.45) is 0 Å². The third-order valence-electron chi connectivity index (χ3n) is 5.15. The number of aryl methyl sites for hydroxylation is 1. The van der Waals surface area contributed by atoms with Crippen LogP contribution in [0.25, 0.3) is 0 Å². The molecule has 2 aromatic rings. The standard InChI is InChI=1S/C23H25ClO4S/c1-4-27-21(25)23(22(26)28-5-2)19(16-8-6-15(3)7-9-16)14-20(29-23)17-10-12-18(24)13-11-17/h6-13,19-20H,4-5,14H2,1-3H3/t19-,20-/m1/s1. The van der Waals surface area contributed by atoms with Gasteiger partial charge in [-0.2, -0.15) is 0 Å². The summed E-state index contributed by atoms with van der Waals surface area (Å²) in [5.41, 5.74) is 3.07. The fraction of sp³-hybridized carbons (Fsp3) is 0.391. The third-order valence-corrected chi connectivity index (χ3v) is 7.14. The lowest BCUT2D eigenvalue weighted by molar-refractivity contribution is -0.159. The van der Waals surface area contributed by atoms with Gasteiger partial charge < -0.3 is 9.47 Å². The number of thioether (sulfide) groups is 1. The summed E-state index contributed by atoms with van der Waals surface area (Å²) < 4.78 is 9.35. The minimum Gasteiger partial charge on any atom is -0.464 e. The van der Waals surface area contributed by atoms with Gasteiger partial charge in [0, 0.05) is 16.2 Å². The van der Waals surface area contributed by atoms with Crippen molar-refractivity contribution < 1.29 is 19.1 Å². The highest BCUT2D eigenvalue weighted by Gasteiger charge is 2.62. The van der Waals surface area contributed by atoms with Gasteiger partial charge in [-0.25, -0.2) is 9.59 Å². The van der Waals surface area contributed by atoms with Crippen LogP contribution >= 0.6 is 23.4 Å². The Hall–Kier alpha value is -1.98. The fourth-order valence-electron chi connectivity index (χ4n) is 3.73. The van der Waals surface area contributed by atoms with E-state index < -0.39 is 16.7 Å². The van der Waals surface area contributed by atoms with E-state index in [1.807, 2.05) is 55.5 Å². The highest BCUT2D eigenvalue weighted by molar-refractivity contribution is 8.02. The summed E-state index contributed by atoms with van der Waals surface area (Å²) in [5, 5.41) is 0.585. The van der Waals surface area contributed by atoms with Gasteiger partial charge >= 0.3 is 11.9 Å². The summed E-state index contributed by atoms with van der Waals surface area (Å²) in [4.78, 5) is 26.4. The summed E-state index contributed by atoms with van der Waals surface area (Å²) >= 11 is 7.37. The lowest BCUT2D eigenvalue weighted by Gasteiger charge is -2.30. The molecule has 1 aliphatic rings. The minimum absolute atomic E-state index is 0.0626. The Morgan fingerprint density at radius 1 is 0.966 bits per heavy atom. The van der Waals surface area contributed by atoms with Crippen LogP contribution in [0.15, 0.2) is 48.5 Å². The average molecular weight is 433 g/mol. The molecular formula is C23H25ClO4S. The Bertz CT molecular complexity index is 845. The Labute approximate surface area is 180 Å². The van der Waals surface area contributed by atoms with E-state index in [-0.39, 0.29) is 24.4 Å². The summed E-state index contributed by atoms with van der Waals surface area (Å²) in [7, 11) is 0. The highest BCUT2D eigenvalue weighted by atomic mass is 35.5. The molecule has 0 spiro atoms. The number of ether oxygens (including phenoxy) is 2. The molecule has 3 rings (SSSR count). The van der Waals surface area contributed by atoms with Gasteiger partial charge in [0.25, 0.3) is 0 Å². The normalized spacial score (nSPS) is 20.3. The summed E-state index contributed by atoms with van der Waals surface area (Å²) in [6, 6.07) is 15.5. The third kappa shape index (κ3) is 4.31. The molecule has 1 heterocycles. The molecule has 0 saturated carbocycles. The molecule has 154 valence electrons. The summed E-state index contributed by atoms with van der Waals surface area (Å²) in [6.45, 7) is 5.90. The average Bonchev–Trinajstić information content (AvgIpc) is 3.11. The Morgan fingerprint density at radius 2 is 1.48 bits per heavy atom. The Balaban J connectivity index is 2.10. The second-order valence-corrected chi connectivity index (χ2v) is 8.92. The number of benzene rings is 2. The molecule has 2 atom stereocenters. The van der Waals surface area contributed by atoms with Crippen molar-refractivity contribution in [2.45, 2.75) is 43.1 Å². The molecular weight excluding hydrogens is 408 g/mol. The van der Waals surface area contributed by atoms with E-state index in [0.29, 0.717) is 11.4 Å². The van der Waals surface area contributed by atoms with E-state index in [2.05, 4.69) is 0 Å². The van der Waals surface area contributed by atoms with Gasteiger partial charge in [-0.15, -0.1) is 11.8 Å². The quantitative estimate of drug-likeness (QED) is 0.447. The first-order valence-corrected chi connectivity index (χ1v) is 11.0. The van der Waals surface area contributed by atoms with Crippen LogP contribution in [0.1, 0.15) is 48.1 Å². The van der Waals surface area contributed by atoms with Crippen LogP contribution in [0.2, 0.25) is 5.02 Å². The van der Waals surface area contributed by atoms with E-state index in [4.69, 9.17) is 21.1 Å². The molecule has 0 unspecified atom stereocenters. The van der Waals surface area contributed by atoms with Gasteiger partial charge in [0.1, 0.15) is 0 Å². The van der Waals surface area contributed by atoms with Crippen molar-refractivity contribution >= 4 is 35.3 Å². The smallest absolute Gasteiger partial charge is 0.334 e. The lowest BCUT2D eigenvalue weighted by Crippen LogP contribution is -2.48. The first-order chi connectivity index (χ1) is 13.9. The van der Waals surface area contributed by atoms with E-state index in [0.717, 1.165) is 16.7 Å². The molecule has 1 fully saturated rings. The molecule has 29 heavy (non-hydrogen) atoms. The van der Waals surface area contributed by atoms with Crippen molar-refractivity contribution in [1.29, 1.82) is 0 Å². The molecule has 0 amide bonds. The lowest BCUT2D eigenvalue weighted by atomic mass is 9.81. The zero-order valence-electron chi connectivity index (χ0n) is 16.8. The van der Waals surface area contributed by atoms with Gasteiger partial charge in [0.05, 0.1) is 13.2 Å². The van der Waals surface area contributed by atoms with Gasteiger partial charge in [0.15, 0.2) is 0 Å². The Morgan fingerprint density at radius 3 is 2.00 bits per heavy atom. The van der Waals surface area contributed by atoms with Crippen molar-refractivity contribution in [3.63, 3.8) is 0 Å². The molecule has 0 aromatic heterocycles. The zero-order valence-corrected chi connectivity index (χ0v) is 18.4. The predicted molar refractivity (Wildman–Crippen MR) is 116 cm³/mol. The number of carbonyl (C=O) groups is 2.